The van der Waals surface area contributed by atoms with Gasteiger partial charge >= 0.3 is 0 Å². The molecule has 1 fully saturated rings. The standard InChI is InChI=1S/C25H27ClO3Si/c1-30(2,3)29-25-22(23(27)20-6-4-5-7-21(20)24(25)28)18-10-8-16(9-11-18)17-12-14-19(26)15-13-17/h4-7,12-16,18H,8-11H2,1-3H3. The van der Waals surface area contributed by atoms with E-state index in [1.54, 1.807) is 18.2 Å². The van der Waals surface area contributed by atoms with Crippen LogP contribution in [0.3, 0.4) is 0 Å². The zero-order chi connectivity index (χ0) is 21.5. The predicted octanol–water partition coefficient (Wildman–Crippen LogP) is 6.80. The average molecular weight is 439 g/mol. The van der Waals surface area contributed by atoms with Gasteiger partial charge in [-0.3, -0.25) is 9.59 Å². The first-order valence-electron chi connectivity index (χ1n) is 10.6. The molecule has 0 saturated heterocycles. The van der Waals surface area contributed by atoms with Crippen LogP contribution in [0.4, 0.5) is 0 Å². The molecule has 3 nitrogen and oxygen atoms in total. The van der Waals surface area contributed by atoms with E-state index in [9.17, 15) is 9.59 Å². The molecule has 0 atom stereocenters. The molecule has 2 aliphatic rings. The molecule has 156 valence electrons. The van der Waals surface area contributed by atoms with Gasteiger partial charge in [-0.05, 0) is 74.9 Å². The predicted molar refractivity (Wildman–Crippen MR) is 123 cm³/mol. The Morgan fingerprint density at radius 2 is 1.33 bits per heavy atom. The molecule has 0 bridgehead atoms. The van der Waals surface area contributed by atoms with Crippen LogP contribution in [0.15, 0.2) is 59.9 Å². The van der Waals surface area contributed by atoms with Gasteiger partial charge in [-0.2, -0.15) is 0 Å². The number of halogens is 1. The van der Waals surface area contributed by atoms with Crippen LogP contribution in [-0.2, 0) is 4.43 Å². The minimum atomic E-state index is -2.06. The van der Waals surface area contributed by atoms with E-state index in [-0.39, 0.29) is 17.5 Å². The van der Waals surface area contributed by atoms with Crippen LogP contribution in [0.1, 0.15) is 57.9 Å². The second-order valence-electron chi connectivity index (χ2n) is 9.26. The summed E-state index contributed by atoms with van der Waals surface area (Å²) < 4.78 is 6.24. The highest BCUT2D eigenvalue weighted by Crippen LogP contribution is 2.43. The van der Waals surface area contributed by atoms with E-state index in [0.29, 0.717) is 28.4 Å². The molecule has 5 heteroatoms. The van der Waals surface area contributed by atoms with Crippen molar-refractivity contribution < 1.29 is 14.0 Å². The highest BCUT2D eigenvalue weighted by atomic mass is 35.5. The molecule has 0 aliphatic heterocycles. The summed E-state index contributed by atoms with van der Waals surface area (Å²) in [7, 11) is -2.06. The fourth-order valence-electron chi connectivity index (χ4n) is 4.60. The molecule has 2 aliphatic carbocycles. The van der Waals surface area contributed by atoms with Gasteiger partial charge < -0.3 is 4.43 Å². The molecule has 0 amide bonds. The van der Waals surface area contributed by atoms with Crippen molar-refractivity contribution in [3.05, 3.63) is 81.6 Å². The number of Topliss-reactive ketones (excluding diaryl/α,β-unsaturated/α-hetero) is 2. The number of benzene rings is 2. The van der Waals surface area contributed by atoms with E-state index in [4.69, 9.17) is 16.0 Å². The summed E-state index contributed by atoms with van der Waals surface area (Å²) in [4.78, 5) is 26.7. The molecular formula is C25H27ClO3Si. The number of carbonyl (C=O) groups excluding carboxylic acids is 2. The van der Waals surface area contributed by atoms with Gasteiger partial charge in [0.2, 0.25) is 14.1 Å². The first kappa shape index (κ1) is 21.1. The van der Waals surface area contributed by atoms with E-state index in [0.717, 1.165) is 30.7 Å². The van der Waals surface area contributed by atoms with Crippen LogP contribution < -0.4 is 0 Å². The highest BCUT2D eigenvalue weighted by Gasteiger charge is 2.40. The average Bonchev–Trinajstić information content (AvgIpc) is 2.72. The third-order valence-corrected chi connectivity index (χ3v) is 7.07. The van der Waals surface area contributed by atoms with Crippen molar-refractivity contribution in [3.8, 4) is 0 Å². The molecule has 0 aromatic heterocycles. The van der Waals surface area contributed by atoms with Crippen molar-refractivity contribution >= 4 is 31.5 Å². The summed E-state index contributed by atoms with van der Waals surface area (Å²) in [6.45, 7) is 6.15. The van der Waals surface area contributed by atoms with Crippen LogP contribution in [0.2, 0.25) is 24.7 Å². The Morgan fingerprint density at radius 1 is 0.800 bits per heavy atom. The van der Waals surface area contributed by atoms with Crippen molar-refractivity contribution in [1.29, 1.82) is 0 Å². The third-order valence-electron chi connectivity index (χ3n) is 6.00. The minimum Gasteiger partial charge on any atom is -0.541 e. The lowest BCUT2D eigenvalue weighted by Crippen LogP contribution is -2.34. The molecule has 1 saturated carbocycles. The lowest BCUT2D eigenvalue weighted by atomic mass is 9.72. The van der Waals surface area contributed by atoms with Crippen LogP contribution in [0.5, 0.6) is 0 Å². The molecule has 2 aromatic rings. The molecule has 0 heterocycles. The van der Waals surface area contributed by atoms with E-state index >= 15 is 0 Å². The Morgan fingerprint density at radius 3 is 1.90 bits per heavy atom. The van der Waals surface area contributed by atoms with Gasteiger partial charge in [0.05, 0.1) is 0 Å². The molecule has 0 spiro atoms. The maximum absolute atomic E-state index is 13.5. The van der Waals surface area contributed by atoms with Crippen molar-refractivity contribution in [2.45, 2.75) is 51.2 Å². The quantitative estimate of drug-likeness (QED) is 0.493. The van der Waals surface area contributed by atoms with Crippen molar-refractivity contribution in [1.82, 2.24) is 0 Å². The first-order valence-corrected chi connectivity index (χ1v) is 14.4. The van der Waals surface area contributed by atoms with E-state index < -0.39 is 8.32 Å². The van der Waals surface area contributed by atoms with Gasteiger partial charge in [0.25, 0.3) is 0 Å². The Labute approximate surface area is 184 Å². The largest absolute Gasteiger partial charge is 0.541 e. The second-order valence-corrected chi connectivity index (χ2v) is 14.1. The van der Waals surface area contributed by atoms with Gasteiger partial charge in [0.1, 0.15) is 0 Å². The number of hydrogen-bond donors (Lipinski definition) is 0. The fraction of sp³-hybridized carbons (Fsp3) is 0.360. The Bertz CT molecular complexity index is 1010. The maximum atomic E-state index is 13.5. The van der Waals surface area contributed by atoms with Crippen molar-refractivity contribution in [2.24, 2.45) is 5.92 Å². The summed E-state index contributed by atoms with van der Waals surface area (Å²) in [5, 5.41) is 0.746. The van der Waals surface area contributed by atoms with E-state index in [1.807, 2.05) is 37.8 Å². The lowest BCUT2D eigenvalue weighted by molar-refractivity contribution is 0.0919. The zero-order valence-corrected chi connectivity index (χ0v) is 19.5. The lowest BCUT2D eigenvalue weighted by Gasteiger charge is -2.34. The van der Waals surface area contributed by atoms with Crippen molar-refractivity contribution in [3.63, 3.8) is 0 Å². The first-order chi connectivity index (χ1) is 14.2. The van der Waals surface area contributed by atoms with Gasteiger partial charge in [-0.15, -0.1) is 0 Å². The summed E-state index contributed by atoms with van der Waals surface area (Å²) in [6.07, 6.45) is 3.73. The number of ketones is 2. The topological polar surface area (TPSA) is 43.4 Å². The molecule has 2 aromatic carbocycles. The zero-order valence-electron chi connectivity index (χ0n) is 17.7. The van der Waals surface area contributed by atoms with Gasteiger partial charge in [0, 0.05) is 21.7 Å². The van der Waals surface area contributed by atoms with E-state index in [2.05, 4.69) is 12.1 Å². The number of hydrogen-bond acceptors (Lipinski definition) is 3. The molecule has 30 heavy (non-hydrogen) atoms. The third kappa shape index (κ3) is 4.16. The second kappa shape index (κ2) is 8.16. The van der Waals surface area contributed by atoms with Crippen LogP contribution in [-0.4, -0.2) is 19.9 Å². The molecule has 0 radical (unpaired) electrons. The van der Waals surface area contributed by atoms with Crippen LogP contribution >= 0.6 is 11.6 Å². The van der Waals surface area contributed by atoms with Crippen LogP contribution in [0, 0.1) is 5.92 Å². The Balaban J connectivity index is 1.64. The highest BCUT2D eigenvalue weighted by molar-refractivity contribution is 6.70. The molecular weight excluding hydrogens is 412 g/mol. The van der Waals surface area contributed by atoms with E-state index in [1.165, 1.54) is 5.56 Å². The molecule has 4 rings (SSSR count). The fourth-order valence-corrected chi connectivity index (χ4v) is 5.54. The van der Waals surface area contributed by atoms with Gasteiger partial charge in [-0.25, -0.2) is 0 Å². The molecule has 0 N–H and O–H groups in total. The van der Waals surface area contributed by atoms with Crippen molar-refractivity contribution in [2.75, 3.05) is 0 Å². The summed E-state index contributed by atoms with van der Waals surface area (Å²) >= 11 is 6.03. The minimum absolute atomic E-state index is 0.0339. The number of carbonyl (C=O) groups is 2. The smallest absolute Gasteiger partial charge is 0.242 e. The summed E-state index contributed by atoms with van der Waals surface area (Å²) in [6, 6.07) is 15.2. The number of fused-ring (bicyclic) bond motifs is 1. The SMILES string of the molecule is C[Si](C)(C)OC1=C(C2CCC(c3ccc(Cl)cc3)CC2)C(=O)c2ccccc2C1=O. The van der Waals surface area contributed by atoms with Crippen LogP contribution in [0.25, 0.3) is 0 Å². The summed E-state index contributed by atoms with van der Waals surface area (Å²) in [5.74, 6) is 0.663. The monoisotopic (exact) mass is 438 g/mol. The Kier molecular flexibility index (Phi) is 5.73. The number of allylic oxidation sites excluding steroid dienone is 2. The van der Waals surface area contributed by atoms with Gasteiger partial charge in [-0.1, -0.05) is 48.0 Å². The summed E-state index contributed by atoms with van der Waals surface area (Å²) in [5.41, 5.74) is 2.88. The number of rotatable bonds is 4. The Hall–Kier alpha value is -2.17. The normalized spacial score (nSPS) is 22.1. The van der Waals surface area contributed by atoms with Gasteiger partial charge in [0.15, 0.2) is 11.5 Å². The molecule has 0 unspecified atom stereocenters. The maximum Gasteiger partial charge on any atom is 0.242 e.